The molecule has 9 heteroatoms. The van der Waals surface area contributed by atoms with Crippen molar-refractivity contribution in [2.24, 2.45) is 5.73 Å². The van der Waals surface area contributed by atoms with Gasteiger partial charge in [-0.2, -0.15) is 0 Å². The van der Waals surface area contributed by atoms with E-state index in [9.17, 15) is 14.4 Å². The zero-order valence-electron chi connectivity index (χ0n) is 15.0. The number of hydrogen-bond donors (Lipinski definition) is 2. The van der Waals surface area contributed by atoms with Crippen LogP contribution in [0.1, 0.15) is 42.5 Å². The Morgan fingerprint density at radius 1 is 1.26 bits per heavy atom. The fraction of sp³-hybridized carbons (Fsp3) is 0.556. The van der Waals surface area contributed by atoms with Crippen molar-refractivity contribution in [3.05, 3.63) is 20.8 Å². The normalized spacial score (nSPS) is 19.9. The van der Waals surface area contributed by atoms with Crippen LogP contribution in [0.25, 0.3) is 10.2 Å². The number of primary amides is 1. The highest BCUT2D eigenvalue weighted by Gasteiger charge is 2.30. The lowest BCUT2D eigenvalue weighted by Gasteiger charge is -2.33. The molecule has 0 saturated carbocycles. The lowest BCUT2D eigenvalue weighted by atomic mass is 9.97. The number of rotatable bonds is 4. The summed E-state index contributed by atoms with van der Waals surface area (Å²) in [5.74, 6) is -0.467. The number of carbonyl (C=O) groups is 2. The first-order valence-electron chi connectivity index (χ1n) is 9.30. The van der Waals surface area contributed by atoms with E-state index in [1.807, 2.05) is 0 Å². The van der Waals surface area contributed by atoms with Gasteiger partial charge < -0.3 is 15.6 Å². The van der Waals surface area contributed by atoms with Crippen LogP contribution in [0.5, 0.6) is 0 Å². The standard InChI is InChI=1S/C18H22N4O3S2/c19-15(24)11-6-3-4-8-22(11)13(23)9-26-18-20-16(25)14-10-5-1-2-7-12(10)27-17(14)21-18/h11H,1-9H2,(H2,19,24)(H,20,21,25)/t11-/m0/s1. The lowest BCUT2D eigenvalue weighted by molar-refractivity contribution is -0.138. The first kappa shape index (κ1) is 18.5. The number of aromatic amines is 1. The summed E-state index contributed by atoms with van der Waals surface area (Å²) in [7, 11) is 0. The van der Waals surface area contributed by atoms with Crippen molar-refractivity contribution in [3.63, 3.8) is 0 Å². The summed E-state index contributed by atoms with van der Waals surface area (Å²) in [6.45, 7) is 0.549. The first-order chi connectivity index (χ1) is 13.0. The summed E-state index contributed by atoms with van der Waals surface area (Å²) >= 11 is 2.80. The Bertz CT molecular complexity index is 952. The number of amides is 2. The summed E-state index contributed by atoms with van der Waals surface area (Å²) in [6, 6.07) is -0.523. The second-order valence-electron chi connectivity index (χ2n) is 7.05. The molecule has 2 aromatic heterocycles. The van der Waals surface area contributed by atoms with Gasteiger partial charge in [0.25, 0.3) is 5.56 Å². The maximum absolute atomic E-state index is 12.6. The van der Waals surface area contributed by atoms with Gasteiger partial charge in [-0.05, 0) is 50.5 Å². The molecule has 3 N–H and O–H groups in total. The molecule has 1 saturated heterocycles. The minimum Gasteiger partial charge on any atom is -0.368 e. The molecule has 7 nitrogen and oxygen atoms in total. The third-order valence-corrected chi connectivity index (χ3v) is 7.33. The molecule has 0 bridgehead atoms. The van der Waals surface area contributed by atoms with Crippen molar-refractivity contribution in [1.82, 2.24) is 14.9 Å². The van der Waals surface area contributed by atoms with Gasteiger partial charge in [-0.25, -0.2) is 4.98 Å². The number of nitrogens with two attached hydrogens (primary N) is 1. The van der Waals surface area contributed by atoms with E-state index in [1.54, 1.807) is 16.2 Å². The van der Waals surface area contributed by atoms with Crippen LogP contribution in [0.2, 0.25) is 0 Å². The number of carbonyl (C=O) groups excluding carboxylic acids is 2. The van der Waals surface area contributed by atoms with Crippen LogP contribution in [0.15, 0.2) is 9.95 Å². The molecular formula is C18H22N4O3S2. The number of aromatic nitrogens is 2. The second kappa shape index (κ2) is 7.63. The van der Waals surface area contributed by atoms with Crippen LogP contribution in [0.3, 0.4) is 0 Å². The average molecular weight is 407 g/mol. The molecule has 27 heavy (non-hydrogen) atoms. The summed E-state index contributed by atoms with van der Waals surface area (Å²) in [5.41, 5.74) is 6.46. The molecule has 2 aliphatic rings. The number of piperidine rings is 1. The minimum atomic E-state index is -0.523. The fourth-order valence-electron chi connectivity index (χ4n) is 3.95. The SMILES string of the molecule is NC(=O)[C@@H]1CCCCN1C(=O)CSc1nc2sc3c(c2c(=O)[nH]1)CCCC3. The van der Waals surface area contributed by atoms with Gasteiger partial charge in [-0.1, -0.05) is 11.8 Å². The molecule has 144 valence electrons. The van der Waals surface area contributed by atoms with Gasteiger partial charge in [0, 0.05) is 11.4 Å². The predicted molar refractivity (Wildman–Crippen MR) is 106 cm³/mol. The highest BCUT2D eigenvalue weighted by atomic mass is 32.2. The Morgan fingerprint density at radius 2 is 2.07 bits per heavy atom. The smallest absolute Gasteiger partial charge is 0.260 e. The Balaban J connectivity index is 1.51. The van der Waals surface area contributed by atoms with E-state index in [2.05, 4.69) is 9.97 Å². The molecular weight excluding hydrogens is 384 g/mol. The maximum Gasteiger partial charge on any atom is 0.260 e. The van der Waals surface area contributed by atoms with Crippen LogP contribution >= 0.6 is 23.1 Å². The zero-order valence-corrected chi connectivity index (χ0v) is 16.6. The highest BCUT2D eigenvalue weighted by Crippen LogP contribution is 2.34. The molecule has 2 amide bonds. The third kappa shape index (κ3) is 3.62. The molecule has 2 aromatic rings. The van der Waals surface area contributed by atoms with E-state index in [-0.39, 0.29) is 17.2 Å². The average Bonchev–Trinajstić information content (AvgIpc) is 3.05. The lowest BCUT2D eigenvalue weighted by Crippen LogP contribution is -2.51. The van der Waals surface area contributed by atoms with Gasteiger partial charge in [0.1, 0.15) is 10.9 Å². The molecule has 0 unspecified atom stereocenters. The monoisotopic (exact) mass is 406 g/mol. The molecule has 1 atom stereocenters. The fourth-order valence-corrected chi connectivity index (χ4v) is 6.02. The van der Waals surface area contributed by atoms with Crippen LogP contribution in [-0.4, -0.2) is 45.0 Å². The van der Waals surface area contributed by atoms with Gasteiger partial charge in [-0.15, -0.1) is 11.3 Å². The molecule has 0 aromatic carbocycles. The molecule has 0 radical (unpaired) electrons. The maximum atomic E-state index is 12.6. The van der Waals surface area contributed by atoms with Crippen molar-refractivity contribution >= 4 is 45.1 Å². The minimum absolute atomic E-state index is 0.123. The summed E-state index contributed by atoms with van der Waals surface area (Å²) in [5, 5.41) is 1.17. The number of thioether (sulfide) groups is 1. The van der Waals surface area contributed by atoms with E-state index in [0.29, 0.717) is 18.1 Å². The number of aryl methyl sites for hydroxylation is 2. The van der Waals surface area contributed by atoms with Gasteiger partial charge in [-0.3, -0.25) is 14.4 Å². The number of thiophene rings is 1. The molecule has 1 aliphatic carbocycles. The number of fused-ring (bicyclic) bond motifs is 3. The topological polar surface area (TPSA) is 109 Å². The van der Waals surface area contributed by atoms with E-state index < -0.39 is 11.9 Å². The summed E-state index contributed by atoms with van der Waals surface area (Å²) in [4.78, 5) is 47.7. The molecule has 1 aliphatic heterocycles. The largest absolute Gasteiger partial charge is 0.368 e. The number of hydrogen-bond acceptors (Lipinski definition) is 6. The number of likely N-dealkylation sites (tertiary alicyclic amines) is 1. The summed E-state index contributed by atoms with van der Waals surface area (Å²) in [6.07, 6.45) is 6.62. The molecule has 3 heterocycles. The van der Waals surface area contributed by atoms with E-state index in [0.717, 1.165) is 54.3 Å². The Kier molecular flexibility index (Phi) is 5.23. The second-order valence-corrected chi connectivity index (χ2v) is 9.10. The van der Waals surface area contributed by atoms with Crippen molar-refractivity contribution in [2.75, 3.05) is 12.3 Å². The predicted octanol–water partition coefficient (Wildman–Crippen LogP) is 1.82. The van der Waals surface area contributed by atoms with Crippen LogP contribution in [0.4, 0.5) is 0 Å². The van der Waals surface area contributed by atoms with Crippen LogP contribution in [-0.2, 0) is 22.4 Å². The van der Waals surface area contributed by atoms with Crippen LogP contribution in [0, 0.1) is 0 Å². The number of nitrogens with one attached hydrogen (secondary N) is 1. The third-order valence-electron chi connectivity index (χ3n) is 5.29. The molecule has 4 rings (SSSR count). The van der Waals surface area contributed by atoms with Crippen molar-refractivity contribution in [2.45, 2.75) is 56.1 Å². The quantitative estimate of drug-likeness (QED) is 0.595. The highest BCUT2D eigenvalue weighted by molar-refractivity contribution is 7.99. The Labute approximate surface area is 164 Å². The Morgan fingerprint density at radius 3 is 2.89 bits per heavy atom. The number of nitrogens with zero attached hydrogens (tertiary/aromatic N) is 2. The first-order valence-corrected chi connectivity index (χ1v) is 11.1. The summed E-state index contributed by atoms with van der Waals surface area (Å²) < 4.78 is 0. The van der Waals surface area contributed by atoms with E-state index >= 15 is 0 Å². The van der Waals surface area contributed by atoms with E-state index in [4.69, 9.17) is 5.73 Å². The Hall–Kier alpha value is -1.87. The number of H-pyrrole nitrogens is 1. The van der Waals surface area contributed by atoms with E-state index in [1.165, 1.54) is 16.6 Å². The van der Waals surface area contributed by atoms with Gasteiger partial charge >= 0.3 is 0 Å². The van der Waals surface area contributed by atoms with Gasteiger partial charge in [0.05, 0.1) is 11.1 Å². The van der Waals surface area contributed by atoms with Gasteiger partial charge in [0.15, 0.2) is 5.16 Å². The van der Waals surface area contributed by atoms with Gasteiger partial charge in [0.2, 0.25) is 11.8 Å². The van der Waals surface area contributed by atoms with Crippen molar-refractivity contribution in [3.8, 4) is 0 Å². The van der Waals surface area contributed by atoms with Crippen LogP contribution < -0.4 is 11.3 Å². The molecule has 0 spiro atoms. The van der Waals surface area contributed by atoms with Crippen molar-refractivity contribution < 1.29 is 9.59 Å². The zero-order chi connectivity index (χ0) is 19.0. The van der Waals surface area contributed by atoms with Crippen molar-refractivity contribution in [1.29, 1.82) is 0 Å². The molecule has 1 fully saturated rings.